The third-order valence-electron chi connectivity index (χ3n) is 5.62. The van der Waals surface area contributed by atoms with Crippen LogP contribution in [0.1, 0.15) is 25.8 Å². The van der Waals surface area contributed by atoms with Crippen LogP contribution in [0.5, 0.6) is 0 Å². The summed E-state index contributed by atoms with van der Waals surface area (Å²) in [6, 6.07) is 5.74. The molecule has 1 unspecified atom stereocenters. The molecule has 4 nitrogen and oxygen atoms in total. The Morgan fingerprint density at radius 1 is 1.32 bits per heavy atom. The molecule has 1 fully saturated rings. The number of carbonyl (C=O) groups excluding carboxylic acids is 1. The summed E-state index contributed by atoms with van der Waals surface area (Å²) >= 11 is 12.3. The molecule has 2 N–H and O–H groups in total. The van der Waals surface area contributed by atoms with E-state index in [9.17, 15) is 9.18 Å². The largest absolute Gasteiger partial charge is 0.374 e. The van der Waals surface area contributed by atoms with Gasteiger partial charge in [-0.25, -0.2) is 4.39 Å². The molecule has 150 valence electrons. The number of amides is 1. The fourth-order valence-electron chi connectivity index (χ4n) is 4.13. The lowest BCUT2D eigenvalue weighted by atomic mass is 9.85. The summed E-state index contributed by atoms with van der Waals surface area (Å²) in [5.74, 6) is -0.617. The van der Waals surface area contributed by atoms with Gasteiger partial charge in [-0.05, 0) is 44.5 Å². The van der Waals surface area contributed by atoms with Gasteiger partial charge in [0.15, 0.2) is 0 Å². The maximum Gasteiger partial charge on any atom is 0.236 e. The maximum atomic E-state index is 14.5. The van der Waals surface area contributed by atoms with Crippen LogP contribution in [-0.4, -0.2) is 31.6 Å². The molecule has 0 aliphatic carbocycles. The van der Waals surface area contributed by atoms with Crippen LogP contribution in [0.15, 0.2) is 52.8 Å². The Hall–Kier alpha value is -1.82. The monoisotopic (exact) mass is 423 g/mol. The number of halogens is 3. The fraction of sp³-hybridized carbons (Fsp3) is 0.381. The molecule has 1 amide bonds. The highest BCUT2D eigenvalue weighted by Gasteiger charge is 2.44. The van der Waals surface area contributed by atoms with Gasteiger partial charge < -0.3 is 15.5 Å². The van der Waals surface area contributed by atoms with Crippen molar-refractivity contribution in [2.75, 3.05) is 30.4 Å². The Bertz CT molecular complexity index is 901. The van der Waals surface area contributed by atoms with E-state index in [2.05, 4.69) is 23.8 Å². The first-order valence-corrected chi connectivity index (χ1v) is 9.78. The number of nitrogens with one attached hydrogen (secondary N) is 2. The minimum Gasteiger partial charge on any atom is -0.374 e. The molecular weight excluding hydrogens is 400 g/mol. The number of hydrogen-bond acceptors (Lipinski definition) is 3. The van der Waals surface area contributed by atoms with E-state index in [4.69, 9.17) is 23.2 Å². The second-order valence-electron chi connectivity index (χ2n) is 7.85. The molecule has 0 radical (unpaired) electrons. The van der Waals surface area contributed by atoms with Gasteiger partial charge in [0, 0.05) is 30.5 Å². The number of likely N-dealkylation sites (N-methyl/N-ethyl adjacent to an activating group) is 1. The molecule has 2 aliphatic heterocycles. The number of nitrogens with zero attached hydrogens (tertiary/aromatic N) is 1. The van der Waals surface area contributed by atoms with Crippen molar-refractivity contribution in [1.29, 1.82) is 0 Å². The van der Waals surface area contributed by atoms with E-state index in [0.717, 1.165) is 16.9 Å². The van der Waals surface area contributed by atoms with Crippen molar-refractivity contribution in [1.82, 2.24) is 5.32 Å². The number of carbonyl (C=O) groups is 1. The summed E-state index contributed by atoms with van der Waals surface area (Å²) in [5, 5.41) is 6.78. The van der Waals surface area contributed by atoms with Crippen molar-refractivity contribution in [2.24, 2.45) is 0 Å². The van der Waals surface area contributed by atoms with Crippen LogP contribution in [0, 0.1) is 0 Å². The molecule has 1 aromatic carbocycles. The first-order chi connectivity index (χ1) is 13.0. The highest BCUT2D eigenvalue weighted by molar-refractivity contribution is 6.44. The summed E-state index contributed by atoms with van der Waals surface area (Å²) in [5.41, 5.74) is 1.34. The standard InChI is InChI=1S/C21H24Cl2FN3O/c1-12(22)18(23)17(13(2)24)21(8-9-25-11-21)26-14-6-7-15-16(10-14)27(5)19(28)20(15,3)4/h6-7,10,25-26H,1-2,8-9,11H2,3-5H3/b18-17-. The lowest BCUT2D eigenvalue weighted by molar-refractivity contribution is -0.121. The van der Waals surface area contributed by atoms with E-state index in [-0.39, 0.29) is 21.5 Å². The zero-order valence-corrected chi connectivity index (χ0v) is 17.8. The number of anilines is 2. The zero-order chi connectivity index (χ0) is 20.9. The van der Waals surface area contributed by atoms with Crippen molar-refractivity contribution >= 4 is 40.5 Å². The Balaban J connectivity index is 2.06. The van der Waals surface area contributed by atoms with Crippen LogP contribution in [0.4, 0.5) is 15.8 Å². The lowest BCUT2D eigenvalue weighted by Crippen LogP contribution is -2.43. The van der Waals surface area contributed by atoms with Gasteiger partial charge >= 0.3 is 0 Å². The van der Waals surface area contributed by atoms with E-state index < -0.39 is 16.8 Å². The topological polar surface area (TPSA) is 44.4 Å². The Kier molecular flexibility index (Phi) is 5.38. The molecule has 0 aromatic heterocycles. The summed E-state index contributed by atoms with van der Waals surface area (Å²) in [6.07, 6.45) is 0.586. The lowest BCUT2D eigenvalue weighted by Gasteiger charge is -2.34. The summed E-state index contributed by atoms with van der Waals surface area (Å²) in [4.78, 5) is 14.2. The molecule has 1 saturated heterocycles. The number of rotatable bonds is 5. The van der Waals surface area contributed by atoms with Crippen LogP contribution in [-0.2, 0) is 10.2 Å². The van der Waals surface area contributed by atoms with Gasteiger partial charge in [-0.3, -0.25) is 4.79 Å². The molecule has 1 aromatic rings. The summed E-state index contributed by atoms with van der Waals surface area (Å²) in [7, 11) is 1.76. The second-order valence-corrected chi connectivity index (χ2v) is 8.69. The number of hydrogen-bond donors (Lipinski definition) is 2. The highest BCUT2D eigenvalue weighted by atomic mass is 35.5. The van der Waals surface area contributed by atoms with Crippen molar-refractivity contribution < 1.29 is 9.18 Å². The quantitative estimate of drug-likeness (QED) is 0.667. The van der Waals surface area contributed by atoms with Gasteiger partial charge in [-0.2, -0.15) is 0 Å². The van der Waals surface area contributed by atoms with Gasteiger partial charge in [0.2, 0.25) is 5.91 Å². The predicted molar refractivity (Wildman–Crippen MR) is 115 cm³/mol. The van der Waals surface area contributed by atoms with E-state index in [1.165, 1.54) is 0 Å². The molecule has 2 aliphatic rings. The highest BCUT2D eigenvalue weighted by Crippen LogP contribution is 2.44. The zero-order valence-electron chi connectivity index (χ0n) is 16.3. The molecule has 2 heterocycles. The molecule has 3 rings (SSSR count). The smallest absolute Gasteiger partial charge is 0.236 e. The van der Waals surface area contributed by atoms with Crippen LogP contribution >= 0.6 is 23.2 Å². The minimum absolute atomic E-state index is 0.0381. The predicted octanol–water partition coefficient (Wildman–Crippen LogP) is 4.81. The summed E-state index contributed by atoms with van der Waals surface area (Å²) < 4.78 is 14.5. The van der Waals surface area contributed by atoms with Crippen molar-refractivity contribution in [3.05, 3.63) is 58.4 Å². The normalized spacial score (nSPS) is 24.1. The molecule has 28 heavy (non-hydrogen) atoms. The number of fused-ring (bicyclic) bond motifs is 1. The van der Waals surface area contributed by atoms with Crippen molar-refractivity contribution in [2.45, 2.75) is 31.2 Å². The first-order valence-electron chi connectivity index (χ1n) is 9.02. The Morgan fingerprint density at radius 3 is 2.54 bits per heavy atom. The SMILES string of the molecule is C=C(Cl)/C(Cl)=C(\C(=C)F)C1(Nc2ccc3c(c2)N(C)C(=O)C3(C)C)CCNC1. The van der Waals surface area contributed by atoms with E-state index in [1.54, 1.807) is 11.9 Å². The third-order valence-corrected chi connectivity index (χ3v) is 6.32. The second kappa shape index (κ2) is 7.21. The van der Waals surface area contributed by atoms with E-state index in [0.29, 0.717) is 19.5 Å². The van der Waals surface area contributed by atoms with Crippen LogP contribution in [0.25, 0.3) is 0 Å². The third kappa shape index (κ3) is 3.25. The van der Waals surface area contributed by atoms with Crippen molar-refractivity contribution in [3.63, 3.8) is 0 Å². The van der Waals surface area contributed by atoms with Crippen LogP contribution in [0.2, 0.25) is 0 Å². The Morgan fingerprint density at radius 2 is 2.00 bits per heavy atom. The van der Waals surface area contributed by atoms with Gasteiger partial charge in [0.05, 0.1) is 21.0 Å². The number of benzene rings is 1. The fourth-order valence-corrected chi connectivity index (χ4v) is 4.51. The molecular formula is C21H24Cl2FN3O. The molecule has 0 bridgehead atoms. The molecule has 7 heteroatoms. The molecule has 0 saturated carbocycles. The summed E-state index contributed by atoms with van der Waals surface area (Å²) in [6.45, 7) is 12.0. The first kappa shape index (κ1) is 20.9. The number of allylic oxidation sites excluding steroid dienone is 2. The van der Waals surface area contributed by atoms with Gasteiger partial charge in [0.25, 0.3) is 0 Å². The molecule has 0 spiro atoms. The van der Waals surface area contributed by atoms with Gasteiger partial charge in [0.1, 0.15) is 5.83 Å². The average molecular weight is 424 g/mol. The average Bonchev–Trinajstić information content (AvgIpc) is 3.13. The van der Waals surface area contributed by atoms with Gasteiger partial charge in [-0.15, -0.1) is 0 Å². The van der Waals surface area contributed by atoms with E-state index in [1.807, 2.05) is 32.0 Å². The minimum atomic E-state index is -0.828. The van der Waals surface area contributed by atoms with Crippen LogP contribution < -0.4 is 15.5 Å². The maximum absolute atomic E-state index is 14.5. The Labute approximate surface area is 175 Å². The van der Waals surface area contributed by atoms with Crippen LogP contribution in [0.3, 0.4) is 0 Å². The molecule has 1 atom stereocenters. The van der Waals surface area contributed by atoms with Crippen molar-refractivity contribution in [3.8, 4) is 0 Å². The van der Waals surface area contributed by atoms with E-state index >= 15 is 0 Å². The van der Waals surface area contributed by atoms with Gasteiger partial charge in [-0.1, -0.05) is 42.4 Å².